The van der Waals surface area contributed by atoms with Crippen LogP contribution in [0.3, 0.4) is 0 Å². The molecular formula is C13H27NO2S. The highest BCUT2D eigenvalue weighted by Crippen LogP contribution is 2.35. The molecule has 2 N–H and O–H groups in total. The van der Waals surface area contributed by atoms with Crippen LogP contribution in [0.15, 0.2) is 0 Å². The molecule has 0 amide bonds. The standard InChI is InChI=1S/C13H27NO2S/c1-10(2)13(15)9-7-6-8-11(13)14-17(16)12(3,4)5/h10-11,14-15H,6-9H2,1-5H3/t11-,13+,17?/m0/s1. The van der Waals surface area contributed by atoms with E-state index in [0.717, 1.165) is 25.7 Å². The number of hydrogen-bond acceptors (Lipinski definition) is 2. The van der Waals surface area contributed by atoms with Crippen molar-refractivity contribution in [2.24, 2.45) is 5.92 Å². The molecule has 0 heterocycles. The number of rotatable bonds is 3. The zero-order chi connectivity index (χ0) is 13.3. The maximum atomic E-state index is 12.1. The molecule has 0 radical (unpaired) electrons. The van der Waals surface area contributed by atoms with E-state index >= 15 is 0 Å². The van der Waals surface area contributed by atoms with Gasteiger partial charge in [0.25, 0.3) is 0 Å². The van der Waals surface area contributed by atoms with Crippen molar-refractivity contribution in [1.29, 1.82) is 0 Å². The fourth-order valence-electron chi connectivity index (χ4n) is 2.34. The predicted molar refractivity (Wildman–Crippen MR) is 73.1 cm³/mol. The molecule has 0 aromatic rings. The molecule has 0 spiro atoms. The van der Waals surface area contributed by atoms with E-state index in [-0.39, 0.29) is 16.7 Å². The van der Waals surface area contributed by atoms with Gasteiger partial charge in [-0.3, -0.25) is 0 Å². The zero-order valence-corrected chi connectivity index (χ0v) is 12.6. The van der Waals surface area contributed by atoms with Crippen LogP contribution in [0.1, 0.15) is 60.3 Å². The van der Waals surface area contributed by atoms with Crippen LogP contribution in [0.4, 0.5) is 0 Å². The first-order valence-electron chi connectivity index (χ1n) is 6.58. The number of hydrogen-bond donors (Lipinski definition) is 2. The average molecular weight is 261 g/mol. The molecule has 0 bridgehead atoms. The van der Waals surface area contributed by atoms with E-state index in [1.807, 2.05) is 34.6 Å². The van der Waals surface area contributed by atoms with Crippen LogP contribution < -0.4 is 4.72 Å². The molecule has 3 atom stereocenters. The Kier molecular flexibility index (Phi) is 4.78. The van der Waals surface area contributed by atoms with Crippen molar-refractivity contribution >= 4 is 11.0 Å². The van der Waals surface area contributed by atoms with Crippen molar-refractivity contribution in [2.75, 3.05) is 0 Å². The third kappa shape index (κ3) is 3.52. The highest BCUT2D eigenvalue weighted by atomic mass is 32.2. The summed E-state index contributed by atoms with van der Waals surface area (Å²) in [4.78, 5) is 0. The van der Waals surface area contributed by atoms with Gasteiger partial charge in [-0.2, -0.15) is 0 Å². The van der Waals surface area contributed by atoms with E-state index in [1.165, 1.54) is 0 Å². The summed E-state index contributed by atoms with van der Waals surface area (Å²) in [7, 11) is -1.11. The van der Waals surface area contributed by atoms with Gasteiger partial charge in [0, 0.05) is 6.04 Å². The molecule has 0 aliphatic heterocycles. The summed E-state index contributed by atoms with van der Waals surface area (Å²) in [5, 5.41) is 10.7. The highest BCUT2D eigenvalue weighted by molar-refractivity contribution is 7.84. The minimum Gasteiger partial charge on any atom is -0.388 e. The molecule has 1 aliphatic rings. The van der Waals surface area contributed by atoms with Crippen LogP contribution in [0.25, 0.3) is 0 Å². The zero-order valence-electron chi connectivity index (χ0n) is 11.7. The molecule has 0 aromatic carbocycles. The maximum Gasteiger partial charge on any atom is 0.0973 e. The minimum absolute atomic E-state index is 0.0451. The topological polar surface area (TPSA) is 49.3 Å². The summed E-state index contributed by atoms with van der Waals surface area (Å²) in [6, 6.07) is -0.0451. The van der Waals surface area contributed by atoms with Crippen molar-refractivity contribution < 1.29 is 9.32 Å². The Balaban J connectivity index is 2.77. The lowest BCUT2D eigenvalue weighted by atomic mass is 9.74. The number of aliphatic hydroxyl groups is 1. The van der Waals surface area contributed by atoms with Gasteiger partial charge in [0.1, 0.15) is 0 Å². The first-order valence-corrected chi connectivity index (χ1v) is 7.73. The predicted octanol–water partition coefficient (Wildman–Crippen LogP) is 2.37. The second kappa shape index (κ2) is 5.37. The van der Waals surface area contributed by atoms with E-state index in [4.69, 9.17) is 0 Å². The minimum atomic E-state index is -1.11. The van der Waals surface area contributed by atoms with Gasteiger partial charge in [-0.25, -0.2) is 8.93 Å². The lowest BCUT2D eigenvalue weighted by Crippen LogP contribution is -2.57. The van der Waals surface area contributed by atoms with Crippen LogP contribution in [0, 0.1) is 5.92 Å². The van der Waals surface area contributed by atoms with E-state index in [0.29, 0.717) is 0 Å². The van der Waals surface area contributed by atoms with Gasteiger partial charge in [-0.1, -0.05) is 26.7 Å². The largest absolute Gasteiger partial charge is 0.388 e. The van der Waals surface area contributed by atoms with Crippen LogP contribution >= 0.6 is 0 Å². The second-order valence-electron chi connectivity index (χ2n) is 6.44. The Labute approximate surface area is 108 Å². The fourth-order valence-corrected chi connectivity index (χ4v) is 3.27. The van der Waals surface area contributed by atoms with Crippen LogP contribution in [0.2, 0.25) is 0 Å². The molecule has 4 heteroatoms. The van der Waals surface area contributed by atoms with Gasteiger partial charge in [0.15, 0.2) is 0 Å². The summed E-state index contributed by atoms with van der Waals surface area (Å²) in [6.07, 6.45) is 3.89. The second-order valence-corrected chi connectivity index (χ2v) is 8.44. The Morgan fingerprint density at radius 3 is 2.41 bits per heavy atom. The first kappa shape index (κ1) is 15.1. The lowest BCUT2D eigenvalue weighted by Gasteiger charge is -2.43. The summed E-state index contributed by atoms with van der Waals surface area (Å²) >= 11 is 0. The average Bonchev–Trinajstić information content (AvgIpc) is 2.19. The first-order chi connectivity index (χ1) is 7.68. The molecule has 1 saturated carbocycles. The third-order valence-electron chi connectivity index (χ3n) is 3.73. The van der Waals surface area contributed by atoms with Crippen molar-refractivity contribution in [3.8, 4) is 0 Å². The van der Waals surface area contributed by atoms with Crippen molar-refractivity contribution in [3.05, 3.63) is 0 Å². The van der Waals surface area contributed by atoms with E-state index < -0.39 is 16.6 Å². The van der Waals surface area contributed by atoms with E-state index in [2.05, 4.69) is 4.72 Å². The summed E-state index contributed by atoms with van der Waals surface area (Å²) in [5.41, 5.74) is -0.709. The van der Waals surface area contributed by atoms with Gasteiger partial charge in [-0.05, 0) is 39.5 Å². The smallest absolute Gasteiger partial charge is 0.0973 e. The molecule has 102 valence electrons. The molecular weight excluding hydrogens is 234 g/mol. The highest BCUT2D eigenvalue weighted by Gasteiger charge is 2.42. The van der Waals surface area contributed by atoms with Gasteiger partial charge >= 0.3 is 0 Å². The Morgan fingerprint density at radius 2 is 1.94 bits per heavy atom. The molecule has 1 fully saturated rings. The normalized spacial score (nSPS) is 32.8. The van der Waals surface area contributed by atoms with Gasteiger partial charge in [0.05, 0.1) is 21.3 Å². The molecule has 17 heavy (non-hydrogen) atoms. The quantitative estimate of drug-likeness (QED) is 0.819. The number of nitrogens with one attached hydrogen (secondary N) is 1. The summed E-state index contributed by atoms with van der Waals surface area (Å²) < 4.78 is 15.0. The Bertz CT molecular complexity index is 286. The van der Waals surface area contributed by atoms with Crippen molar-refractivity contribution in [2.45, 2.75) is 76.7 Å². The van der Waals surface area contributed by atoms with Crippen molar-refractivity contribution in [3.63, 3.8) is 0 Å². The summed E-state index contributed by atoms with van der Waals surface area (Å²) in [5.74, 6) is 0.192. The van der Waals surface area contributed by atoms with Crippen LogP contribution in [-0.2, 0) is 11.0 Å². The third-order valence-corrected chi connectivity index (χ3v) is 5.34. The van der Waals surface area contributed by atoms with E-state index in [9.17, 15) is 9.32 Å². The molecule has 0 aromatic heterocycles. The SMILES string of the molecule is CC(C)[C@]1(O)CCCC[C@@H]1NS(=O)C(C)(C)C. The van der Waals surface area contributed by atoms with Crippen LogP contribution in [0.5, 0.6) is 0 Å². The monoisotopic (exact) mass is 261 g/mol. The Hall–Kier alpha value is 0.0700. The summed E-state index contributed by atoms with van der Waals surface area (Å²) in [6.45, 7) is 9.94. The van der Waals surface area contributed by atoms with Crippen molar-refractivity contribution in [1.82, 2.24) is 4.72 Å². The van der Waals surface area contributed by atoms with Gasteiger partial charge < -0.3 is 5.11 Å². The molecule has 0 saturated heterocycles. The lowest BCUT2D eigenvalue weighted by molar-refractivity contribution is -0.0576. The molecule has 1 unspecified atom stereocenters. The fraction of sp³-hybridized carbons (Fsp3) is 1.00. The molecule has 3 nitrogen and oxygen atoms in total. The molecule has 1 aliphatic carbocycles. The van der Waals surface area contributed by atoms with E-state index in [1.54, 1.807) is 0 Å². The Morgan fingerprint density at radius 1 is 1.35 bits per heavy atom. The van der Waals surface area contributed by atoms with Gasteiger partial charge in [-0.15, -0.1) is 0 Å². The van der Waals surface area contributed by atoms with Crippen LogP contribution in [-0.4, -0.2) is 25.7 Å². The van der Waals surface area contributed by atoms with Gasteiger partial charge in [0.2, 0.25) is 0 Å². The molecule has 1 rings (SSSR count). The maximum absolute atomic E-state index is 12.1.